The number of ether oxygens (including phenoxy) is 2. The normalized spacial score (nSPS) is 11.0. The van der Waals surface area contributed by atoms with Crippen molar-refractivity contribution in [2.45, 2.75) is 20.5 Å². The molecule has 2 N–H and O–H groups in total. The smallest absolute Gasteiger partial charge is 0.307 e. The van der Waals surface area contributed by atoms with Crippen LogP contribution in [0, 0.1) is 13.8 Å². The number of nitrogens with zero attached hydrogens (tertiary/aromatic N) is 2. The van der Waals surface area contributed by atoms with Crippen molar-refractivity contribution in [3.8, 4) is 17.2 Å². The zero-order valence-electron chi connectivity index (χ0n) is 23.8. The van der Waals surface area contributed by atoms with Crippen molar-refractivity contribution < 1.29 is 23.5 Å². The fourth-order valence-corrected chi connectivity index (χ4v) is 5.82. The molecule has 44 heavy (non-hydrogen) atoms. The number of hydrogen-bond acceptors (Lipinski definition) is 6. The molecular weight excluding hydrogens is 692 g/mol. The van der Waals surface area contributed by atoms with E-state index in [1.165, 1.54) is 6.21 Å². The summed E-state index contributed by atoms with van der Waals surface area (Å²) in [4.78, 5) is 24.8. The number of furan rings is 1. The Labute approximate surface area is 271 Å². The van der Waals surface area contributed by atoms with Crippen molar-refractivity contribution in [3.05, 3.63) is 128 Å². The van der Waals surface area contributed by atoms with E-state index in [9.17, 15) is 9.59 Å². The van der Waals surface area contributed by atoms with Gasteiger partial charge in [-0.05, 0) is 124 Å². The van der Waals surface area contributed by atoms with Crippen LogP contribution in [0.3, 0.4) is 0 Å². The number of rotatable bonds is 11. The number of aromatic nitrogens is 1. The molecule has 0 bridgehead atoms. The first-order valence-electron chi connectivity index (χ1n) is 13.5. The molecule has 0 saturated carbocycles. The van der Waals surface area contributed by atoms with Crippen LogP contribution >= 0.6 is 31.9 Å². The van der Waals surface area contributed by atoms with Gasteiger partial charge in [-0.1, -0.05) is 18.2 Å². The Morgan fingerprint density at radius 3 is 2.25 bits per heavy atom. The van der Waals surface area contributed by atoms with Crippen LogP contribution in [-0.4, -0.2) is 29.2 Å². The van der Waals surface area contributed by atoms with E-state index in [1.807, 2.05) is 42.5 Å². The van der Waals surface area contributed by atoms with E-state index in [4.69, 9.17) is 13.9 Å². The standard InChI is InChI=1S/C33H28Br2N4O5/c1-21-8-9-22(2)39(21)25-10-12-26(13-11-25)42-19-27-14-15-30(44-27)33(41)38-36-18-23-16-28(34)32(29(35)17-23)43-20-31(40)37-24-6-4-3-5-7-24/h3-18H,19-20H2,1-2H3,(H,37,40)(H,38,41)/b36-18+. The van der Waals surface area contributed by atoms with E-state index in [0.717, 1.165) is 17.1 Å². The van der Waals surface area contributed by atoms with Crippen molar-refractivity contribution in [2.75, 3.05) is 11.9 Å². The Bertz CT molecular complexity index is 1750. The maximum atomic E-state index is 12.6. The quantitative estimate of drug-likeness (QED) is 0.108. The number of nitrogens with one attached hydrogen (secondary N) is 2. The molecule has 0 aliphatic heterocycles. The Morgan fingerprint density at radius 2 is 1.57 bits per heavy atom. The van der Waals surface area contributed by atoms with Crippen molar-refractivity contribution in [3.63, 3.8) is 0 Å². The highest BCUT2D eigenvalue weighted by atomic mass is 79.9. The van der Waals surface area contributed by atoms with Gasteiger partial charge in [0, 0.05) is 22.8 Å². The van der Waals surface area contributed by atoms with Crippen LogP contribution in [0.1, 0.15) is 33.3 Å². The third-order valence-corrected chi connectivity index (χ3v) is 7.62. The molecule has 2 aromatic heterocycles. The molecule has 224 valence electrons. The maximum absolute atomic E-state index is 12.6. The largest absolute Gasteiger partial charge is 0.486 e. The highest BCUT2D eigenvalue weighted by Gasteiger charge is 2.13. The summed E-state index contributed by atoms with van der Waals surface area (Å²) in [7, 11) is 0. The molecule has 0 fully saturated rings. The molecule has 2 amide bonds. The van der Waals surface area contributed by atoms with Crippen LogP contribution in [0.25, 0.3) is 5.69 Å². The molecule has 5 rings (SSSR count). The number of amides is 2. The average molecular weight is 720 g/mol. The first kappa shape index (κ1) is 30.8. The summed E-state index contributed by atoms with van der Waals surface area (Å²) in [5.74, 6) is 0.963. The summed E-state index contributed by atoms with van der Waals surface area (Å²) >= 11 is 6.92. The maximum Gasteiger partial charge on any atom is 0.307 e. The minimum Gasteiger partial charge on any atom is -0.486 e. The van der Waals surface area contributed by atoms with Crippen LogP contribution in [0.2, 0.25) is 0 Å². The summed E-state index contributed by atoms with van der Waals surface area (Å²) in [6.07, 6.45) is 1.48. The molecule has 2 heterocycles. The Balaban J connectivity index is 1.10. The third kappa shape index (κ3) is 7.86. The summed E-state index contributed by atoms with van der Waals surface area (Å²) < 4.78 is 20.6. The van der Waals surface area contributed by atoms with Crippen LogP contribution in [0.5, 0.6) is 11.5 Å². The van der Waals surface area contributed by atoms with Gasteiger partial charge in [0.2, 0.25) is 0 Å². The Morgan fingerprint density at radius 1 is 0.886 bits per heavy atom. The topological polar surface area (TPSA) is 107 Å². The van der Waals surface area contributed by atoms with Crippen LogP contribution in [0.15, 0.2) is 109 Å². The predicted molar refractivity (Wildman–Crippen MR) is 176 cm³/mol. The molecule has 0 radical (unpaired) electrons. The molecule has 0 aliphatic rings. The molecule has 11 heteroatoms. The molecule has 9 nitrogen and oxygen atoms in total. The number of benzene rings is 3. The van der Waals surface area contributed by atoms with E-state index in [2.05, 4.69) is 78.3 Å². The first-order valence-corrected chi connectivity index (χ1v) is 15.1. The van der Waals surface area contributed by atoms with Crippen molar-refractivity contribution in [1.82, 2.24) is 9.99 Å². The van der Waals surface area contributed by atoms with Crippen molar-refractivity contribution >= 4 is 55.6 Å². The lowest BCUT2D eigenvalue weighted by atomic mass is 10.2. The second kappa shape index (κ2) is 14.2. The van der Waals surface area contributed by atoms with Gasteiger partial charge in [-0.3, -0.25) is 9.59 Å². The number of hydrazone groups is 1. The highest BCUT2D eigenvalue weighted by molar-refractivity contribution is 9.11. The van der Waals surface area contributed by atoms with E-state index in [0.29, 0.717) is 37.5 Å². The van der Waals surface area contributed by atoms with Gasteiger partial charge in [-0.25, -0.2) is 5.43 Å². The van der Waals surface area contributed by atoms with Crippen molar-refractivity contribution in [1.29, 1.82) is 0 Å². The van der Waals surface area contributed by atoms with Crippen LogP contribution in [0.4, 0.5) is 5.69 Å². The summed E-state index contributed by atoms with van der Waals surface area (Å²) in [5.41, 5.74) is 7.20. The van der Waals surface area contributed by atoms with Gasteiger partial charge in [-0.2, -0.15) is 5.10 Å². The Hall–Kier alpha value is -4.61. The fourth-order valence-electron chi connectivity index (χ4n) is 4.37. The summed E-state index contributed by atoms with van der Waals surface area (Å²) in [6, 6.07) is 27.8. The zero-order chi connectivity index (χ0) is 31.1. The Kier molecular flexibility index (Phi) is 9.98. The second-order valence-electron chi connectivity index (χ2n) is 9.72. The number of aryl methyl sites for hydroxylation is 2. The number of carbonyl (C=O) groups excluding carboxylic acids is 2. The van der Waals surface area contributed by atoms with Gasteiger partial charge in [0.1, 0.15) is 23.9 Å². The van der Waals surface area contributed by atoms with Gasteiger partial charge in [0.05, 0.1) is 15.2 Å². The minimum atomic E-state index is -0.503. The van der Waals surface area contributed by atoms with Crippen LogP contribution in [-0.2, 0) is 11.4 Å². The fraction of sp³-hybridized carbons (Fsp3) is 0.121. The zero-order valence-corrected chi connectivity index (χ0v) is 27.0. The van der Waals surface area contributed by atoms with E-state index >= 15 is 0 Å². The monoisotopic (exact) mass is 718 g/mol. The van der Waals surface area contributed by atoms with E-state index in [1.54, 1.807) is 36.4 Å². The SMILES string of the molecule is Cc1ccc(C)n1-c1ccc(OCc2ccc(C(=O)N/N=C/c3cc(Br)c(OCC(=O)Nc4ccccc4)c(Br)c3)o2)cc1. The molecule has 0 spiro atoms. The summed E-state index contributed by atoms with van der Waals surface area (Å²) in [5, 5.41) is 6.80. The third-order valence-electron chi connectivity index (χ3n) is 6.44. The number of anilines is 1. The average Bonchev–Trinajstić information content (AvgIpc) is 3.62. The van der Waals surface area contributed by atoms with Gasteiger partial charge in [-0.15, -0.1) is 0 Å². The summed E-state index contributed by atoms with van der Waals surface area (Å²) in [6.45, 7) is 4.13. The lowest BCUT2D eigenvalue weighted by Crippen LogP contribution is -2.20. The van der Waals surface area contributed by atoms with Gasteiger partial charge >= 0.3 is 5.91 Å². The molecular formula is C33H28Br2N4O5. The minimum absolute atomic E-state index is 0.106. The molecule has 0 unspecified atom stereocenters. The van der Waals surface area contributed by atoms with Gasteiger partial charge in [0.15, 0.2) is 12.4 Å². The number of carbonyl (C=O) groups is 2. The number of hydrogen-bond donors (Lipinski definition) is 2. The second-order valence-corrected chi connectivity index (χ2v) is 11.4. The molecule has 3 aromatic carbocycles. The molecule has 0 aliphatic carbocycles. The van der Waals surface area contributed by atoms with Crippen LogP contribution < -0.4 is 20.2 Å². The van der Waals surface area contributed by atoms with E-state index < -0.39 is 5.91 Å². The van der Waals surface area contributed by atoms with E-state index in [-0.39, 0.29) is 24.9 Å². The molecule has 0 saturated heterocycles. The molecule has 0 atom stereocenters. The lowest BCUT2D eigenvalue weighted by Gasteiger charge is -2.11. The lowest BCUT2D eigenvalue weighted by molar-refractivity contribution is -0.118. The number of halogens is 2. The van der Waals surface area contributed by atoms with Gasteiger partial charge in [0.25, 0.3) is 5.91 Å². The van der Waals surface area contributed by atoms with Crippen molar-refractivity contribution in [2.24, 2.45) is 5.10 Å². The molecule has 5 aromatic rings. The highest BCUT2D eigenvalue weighted by Crippen LogP contribution is 2.34. The van der Waals surface area contributed by atoms with Gasteiger partial charge < -0.3 is 23.8 Å². The first-order chi connectivity index (χ1) is 21.3. The predicted octanol–water partition coefficient (Wildman–Crippen LogP) is 7.57. The number of para-hydroxylation sites is 1.